The van der Waals surface area contributed by atoms with E-state index in [4.69, 9.17) is 5.11 Å². The van der Waals surface area contributed by atoms with E-state index in [1.165, 1.54) is 7.05 Å². The Labute approximate surface area is 120 Å². The van der Waals surface area contributed by atoms with E-state index in [9.17, 15) is 9.59 Å². The predicted molar refractivity (Wildman–Crippen MR) is 76.9 cm³/mol. The molecule has 0 unspecified atom stereocenters. The number of aliphatic carboxylic acids is 1. The van der Waals surface area contributed by atoms with E-state index in [0.29, 0.717) is 11.3 Å². The van der Waals surface area contributed by atoms with E-state index in [1.807, 2.05) is 16.8 Å². The van der Waals surface area contributed by atoms with Gasteiger partial charge in [-0.05, 0) is 30.5 Å². The van der Waals surface area contributed by atoms with Crippen LogP contribution in [0, 0.1) is 6.92 Å². The third kappa shape index (κ3) is 3.03. The van der Waals surface area contributed by atoms with Crippen LogP contribution in [0.2, 0.25) is 0 Å². The molecule has 0 saturated carbocycles. The van der Waals surface area contributed by atoms with Gasteiger partial charge >= 0.3 is 5.97 Å². The maximum atomic E-state index is 12.1. The van der Waals surface area contributed by atoms with Crippen LogP contribution in [0.4, 0.5) is 0 Å². The van der Waals surface area contributed by atoms with Crippen molar-refractivity contribution in [2.45, 2.75) is 6.92 Å². The van der Waals surface area contributed by atoms with Crippen LogP contribution < -0.4 is 0 Å². The van der Waals surface area contributed by atoms with Crippen LogP contribution in [-0.2, 0) is 4.79 Å². The Balaban J connectivity index is 2.26. The fourth-order valence-corrected chi connectivity index (χ4v) is 2.49. The molecule has 0 fully saturated rings. The fourth-order valence-electron chi connectivity index (χ4n) is 1.84. The topological polar surface area (TPSA) is 70.5 Å². The molecule has 6 heteroatoms. The SMILES string of the molecule is Cc1nc(-c2ccsc2)ccc1C(=O)N(C)CC(=O)O. The van der Waals surface area contributed by atoms with Gasteiger partial charge in [0.05, 0.1) is 17.0 Å². The number of carboxylic acid groups (broad SMARTS) is 1. The Kier molecular flexibility index (Phi) is 4.14. The van der Waals surface area contributed by atoms with E-state index in [2.05, 4.69) is 4.98 Å². The van der Waals surface area contributed by atoms with Gasteiger partial charge in [-0.25, -0.2) is 0 Å². The zero-order valence-electron chi connectivity index (χ0n) is 11.2. The number of pyridine rings is 1. The average molecular weight is 290 g/mol. The number of carboxylic acids is 1. The van der Waals surface area contributed by atoms with Gasteiger partial charge < -0.3 is 10.0 Å². The molecule has 1 N–H and O–H groups in total. The van der Waals surface area contributed by atoms with Gasteiger partial charge in [-0.2, -0.15) is 11.3 Å². The van der Waals surface area contributed by atoms with E-state index >= 15 is 0 Å². The van der Waals surface area contributed by atoms with Gasteiger partial charge in [0.15, 0.2) is 0 Å². The molecule has 0 saturated heterocycles. The molecule has 0 aliphatic rings. The Morgan fingerprint density at radius 2 is 2.10 bits per heavy atom. The molecule has 2 aromatic rings. The van der Waals surface area contributed by atoms with E-state index < -0.39 is 5.97 Å². The number of nitrogens with zero attached hydrogens (tertiary/aromatic N) is 2. The molecule has 2 heterocycles. The summed E-state index contributed by atoms with van der Waals surface area (Å²) in [5.41, 5.74) is 2.83. The smallest absolute Gasteiger partial charge is 0.323 e. The van der Waals surface area contributed by atoms with Crippen molar-refractivity contribution in [2.75, 3.05) is 13.6 Å². The van der Waals surface area contributed by atoms with Crippen LogP contribution in [0.3, 0.4) is 0 Å². The zero-order valence-corrected chi connectivity index (χ0v) is 12.0. The van der Waals surface area contributed by atoms with Crippen molar-refractivity contribution in [3.8, 4) is 11.3 Å². The second kappa shape index (κ2) is 5.83. The number of hydrogen-bond donors (Lipinski definition) is 1. The lowest BCUT2D eigenvalue weighted by Gasteiger charge is -2.16. The molecule has 0 aromatic carbocycles. The molecule has 1 amide bonds. The van der Waals surface area contributed by atoms with Gasteiger partial charge in [0.1, 0.15) is 6.54 Å². The summed E-state index contributed by atoms with van der Waals surface area (Å²) in [5.74, 6) is -1.38. The second-order valence-corrected chi connectivity index (χ2v) is 5.18. The zero-order chi connectivity index (χ0) is 14.7. The first kappa shape index (κ1) is 14.2. The highest BCUT2D eigenvalue weighted by Gasteiger charge is 2.17. The molecule has 0 bridgehead atoms. The predicted octanol–water partition coefficient (Wildman–Crippen LogP) is 2.28. The quantitative estimate of drug-likeness (QED) is 0.937. The summed E-state index contributed by atoms with van der Waals surface area (Å²) in [6.45, 7) is 1.42. The minimum Gasteiger partial charge on any atom is -0.480 e. The van der Waals surface area contributed by atoms with Crippen LogP contribution in [-0.4, -0.2) is 40.5 Å². The largest absolute Gasteiger partial charge is 0.480 e. The molecule has 2 rings (SSSR count). The lowest BCUT2D eigenvalue weighted by Crippen LogP contribution is -2.32. The average Bonchev–Trinajstić information content (AvgIpc) is 2.90. The molecule has 104 valence electrons. The van der Waals surface area contributed by atoms with E-state index in [0.717, 1.165) is 16.2 Å². The molecule has 0 spiro atoms. The van der Waals surface area contributed by atoms with Crippen LogP contribution in [0.1, 0.15) is 16.1 Å². The summed E-state index contributed by atoms with van der Waals surface area (Å²) < 4.78 is 0. The number of likely N-dealkylation sites (N-methyl/N-ethyl adjacent to an activating group) is 1. The van der Waals surface area contributed by atoms with E-state index in [1.54, 1.807) is 30.4 Å². The summed E-state index contributed by atoms with van der Waals surface area (Å²) in [7, 11) is 1.46. The Hall–Kier alpha value is -2.21. The Morgan fingerprint density at radius 3 is 2.65 bits per heavy atom. The van der Waals surface area contributed by atoms with Crippen molar-refractivity contribution in [1.29, 1.82) is 0 Å². The van der Waals surface area contributed by atoms with Crippen LogP contribution >= 0.6 is 11.3 Å². The number of hydrogen-bond acceptors (Lipinski definition) is 4. The third-order valence-corrected chi connectivity index (χ3v) is 3.54. The molecule has 0 atom stereocenters. The first-order valence-electron chi connectivity index (χ1n) is 5.96. The number of aromatic nitrogens is 1. The summed E-state index contributed by atoms with van der Waals surface area (Å²) in [6.07, 6.45) is 0. The molecular formula is C14H14N2O3S. The normalized spacial score (nSPS) is 10.3. The number of carbonyl (C=O) groups is 2. The van der Waals surface area contributed by atoms with Gasteiger partial charge in [-0.1, -0.05) is 0 Å². The first-order valence-corrected chi connectivity index (χ1v) is 6.91. The second-order valence-electron chi connectivity index (χ2n) is 4.40. The van der Waals surface area contributed by atoms with Crippen LogP contribution in [0.15, 0.2) is 29.0 Å². The Morgan fingerprint density at radius 1 is 1.35 bits per heavy atom. The molecule has 0 radical (unpaired) electrons. The monoisotopic (exact) mass is 290 g/mol. The van der Waals surface area contributed by atoms with E-state index in [-0.39, 0.29) is 12.5 Å². The lowest BCUT2D eigenvalue weighted by molar-refractivity contribution is -0.137. The van der Waals surface area contributed by atoms with Crippen LogP contribution in [0.5, 0.6) is 0 Å². The van der Waals surface area contributed by atoms with Crippen molar-refractivity contribution in [1.82, 2.24) is 9.88 Å². The highest BCUT2D eigenvalue weighted by atomic mass is 32.1. The number of thiophene rings is 1. The molecule has 2 aromatic heterocycles. The molecule has 5 nitrogen and oxygen atoms in total. The third-order valence-electron chi connectivity index (χ3n) is 2.85. The number of carbonyl (C=O) groups excluding carboxylic acids is 1. The minimum atomic E-state index is -1.04. The van der Waals surface area contributed by atoms with Crippen molar-refractivity contribution in [2.24, 2.45) is 0 Å². The van der Waals surface area contributed by atoms with Gasteiger partial charge in [-0.3, -0.25) is 14.6 Å². The summed E-state index contributed by atoms with van der Waals surface area (Å²) in [5, 5.41) is 12.7. The Bertz CT molecular complexity index is 638. The van der Waals surface area contributed by atoms with Gasteiger partial charge in [0, 0.05) is 18.0 Å². The molecule has 0 aliphatic carbocycles. The number of aryl methyl sites for hydroxylation is 1. The summed E-state index contributed by atoms with van der Waals surface area (Å²) in [4.78, 5) is 28.3. The highest BCUT2D eigenvalue weighted by molar-refractivity contribution is 7.08. The van der Waals surface area contributed by atoms with Crippen molar-refractivity contribution in [3.05, 3.63) is 40.2 Å². The fraction of sp³-hybridized carbons (Fsp3) is 0.214. The summed E-state index contributed by atoms with van der Waals surface area (Å²) >= 11 is 1.58. The molecule has 20 heavy (non-hydrogen) atoms. The van der Waals surface area contributed by atoms with Crippen molar-refractivity contribution in [3.63, 3.8) is 0 Å². The maximum Gasteiger partial charge on any atom is 0.323 e. The number of amides is 1. The van der Waals surface area contributed by atoms with Gasteiger partial charge in [-0.15, -0.1) is 0 Å². The van der Waals surface area contributed by atoms with Gasteiger partial charge in [0.2, 0.25) is 0 Å². The standard InChI is InChI=1S/C14H14N2O3S/c1-9-11(14(19)16(2)7-13(17)18)3-4-12(15-9)10-5-6-20-8-10/h3-6,8H,7H2,1-2H3,(H,17,18). The van der Waals surface area contributed by atoms with Crippen LogP contribution in [0.25, 0.3) is 11.3 Å². The molecular weight excluding hydrogens is 276 g/mol. The first-order chi connectivity index (χ1) is 9.49. The minimum absolute atomic E-state index is 0.329. The van der Waals surface area contributed by atoms with Crippen molar-refractivity contribution >= 4 is 23.2 Å². The van der Waals surface area contributed by atoms with Gasteiger partial charge in [0.25, 0.3) is 5.91 Å². The number of rotatable bonds is 4. The lowest BCUT2D eigenvalue weighted by atomic mass is 10.1. The van der Waals surface area contributed by atoms with Crippen molar-refractivity contribution < 1.29 is 14.7 Å². The summed E-state index contributed by atoms with van der Waals surface area (Å²) in [6, 6.07) is 5.43. The molecule has 0 aliphatic heterocycles. The highest BCUT2D eigenvalue weighted by Crippen LogP contribution is 2.21. The maximum absolute atomic E-state index is 12.1.